The third kappa shape index (κ3) is 4.69. The molecule has 6 nitrogen and oxygen atoms in total. The molecular formula is C26H24N2O4S. The van der Waals surface area contributed by atoms with Crippen LogP contribution >= 0.6 is 11.3 Å². The number of anilines is 1. The molecule has 0 N–H and O–H groups in total. The van der Waals surface area contributed by atoms with Gasteiger partial charge in [0.15, 0.2) is 5.13 Å². The molecule has 4 aromatic rings. The van der Waals surface area contributed by atoms with Crippen LogP contribution in [0.2, 0.25) is 0 Å². The van der Waals surface area contributed by atoms with Gasteiger partial charge in [-0.15, -0.1) is 0 Å². The highest BCUT2D eigenvalue weighted by molar-refractivity contribution is 7.22. The number of carbonyl (C=O) groups excluding carboxylic acids is 1. The fourth-order valence-corrected chi connectivity index (χ4v) is 4.87. The van der Waals surface area contributed by atoms with Crippen molar-refractivity contribution in [3.63, 3.8) is 0 Å². The molecule has 168 valence electrons. The molecule has 2 heterocycles. The van der Waals surface area contributed by atoms with E-state index in [4.69, 9.17) is 19.2 Å². The first-order chi connectivity index (χ1) is 16.2. The van der Waals surface area contributed by atoms with Crippen molar-refractivity contribution in [2.24, 2.45) is 0 Å². The average Bonchev–Trinajstić information content (AvgIpc) is 3.53. The molecule has 0 saturated carbocycles. The fraction of sp³-hybridized carbons (Fsp3) is 0.231. The molecule has 0 radical (unpaired) electrons. The number of nitrogens with zero attached hydrogens (tertiary/aromatic N) is 2. The van der Waals surface area contributed by atoms with E-state index in [1.54, 1.807) is 24.1 Å². The maximum absolute atomic E-state index is 13.6. The van der Waals surface area contributed by atoms with Gasteiger partial charge < -0.3 is 14.2 Å². The maximum atomic E-state index is 13.6. The number of para-hydroxylation sites is 2. The molecule has 1 aliphatic rings. The summed E-state index contributed by atoms with van der Waals surface area (Å²) in [5.74, 6) is 2.00. The lowest BCUT2D eigenvalue weighted by atomic mass is 10.1. The summed E-state index contributed by atoms with van der Waals surface area (Å²) in [5, 5.41) is 0.639. The van der Waals surface area contributed by atoms with Crippen LogP contribution in [0, 0.1) is 0 Å². The summed E-state index contributed by atoms with van der Waals surface area (Å²) >= 11 is 1.48. The van der Waals surface area contributed by atoms with Crippen LogP contribution in [0.3, 0.4) is 0 Å². The zero-order valence-corrected chi connectivity index (χ0v) is 19.1. The monoisotopic (exact) mass is 460 g/mol. The Hall–Kier alpha value is -3.42. The Morgan fingerprint density at radius 1 is 1.06 bits per heavy atom. The first-order valence-corrected chi connectivity index (χ1v) is 11.7. The quantitative estimate of drug-likeness (QED) is 0.342. The Bertz CT molecular complexity index is 1230. The number of ether oxygens (including phenoxy) is 3. The van der Waals surface area contributed by atoms with Crippen molar-refractivity contribution in [2.75, 3.05) is 25.2 Å². The van der Waals surface area contributed by atoms with Gasteiger partial charge in [0.2, 0.25) is 0 Å². The Morgan fingerprint density at radius 2 is 1.85 bits per heavy atom. The van der Waals surface area contributed by atoms with E-state index in [0.717, 1.165) is 35.4 Å². The van der Waals surface area contributed by atoms with Gasteiger partial charge >= 0.3 is 0 Å². The summed E-state index contributed by atoms with van der Waals surface area (Å²) in [6.07, 6.45) is 1.94. The highest BCUT2D eigenvalue weighted by Crippen LogP contribution is 2.35. The summed E-state index contributed by atoms with van der Waals surface area (Å²) in [5.41, 5.74) is 1.33. The molecule has 33 heavy (non-hydrogen) atoms. The van der Waals surface area contributed by atoms with Crippen molar-refractivity contribution in [3.05, 3.63) is 78.4 Å². The minimum absolute atomic E-state index is 0.00328. The number of rotatable bonds is 7. The zero-order chi connectivity index (χ0) is 22.6. The van der Waals surface area contributed by atoms with E-state index >= 15 is 0 Å². The summed E-state index contributed by atoms with van der Waals surface area (Å²) in [6, 6.07) is 22.6. The second kappa shape index (κ2) is 9.60. The molecule has 0 spiro atoms. The van der Waals surface area contributed by atoms with E-state index in [1.807, 2.05) is 60.7 Å². The molecule has 3 aromatic carbocycles. The topological polar surface area (TPSA) is 60.9 Å². The van der Waals surface area contributed by atoms with Gasteiger partial charge in [-0.1, -0.05) is 35.6 Å². The Balaban J connectivity index is 1.43. The number of aromatic nitrogens is 1. The lowest BCUT2D eigenvalue weighted by molar-refractivity contribution is 0.0917. The van der Waals surface area contributed by atoms with Gasteiger partial charge in [-0.2, -0.15) is 0 Å². The minimum Gasteiger partial charge on any atom is -0.494 e. The van der Waals surface area contributed by atoms with Crippen molar-refractivity contribution in [2.45, 2.75) is 18.9 Å². The molecule has 0 aliphatic carbocycles. The number of amides is 1. The number of benzene rings is 3. The summed E-state index contributed by atoms with van der Waals surface area (Å²) in [7, 11) is 1.63. The van der Waals surface area contributed by atoms with Crippen molar-refractivity contribution in [3.8, 4) is 17.2 Å². The second-order valence-electron chi connectivity index (χ2n) is 7.79. The predicted octanol–water partition coefficient (Wildman–Crippen LogP) is 5.92. The Morgan fingerprint density at radius 3 is 2.58 bits per heavy atom. The molecule has 1 saturated heterocycles. The largest absolute Gasteiger partial charge is 0.494 e. The van der Waals surface area contributed by atoms with Gasteiger partial charge in [0.1, 0.15) is 22.8 Å². The van der Waals surface area contributed by atoms with Crippen molar-refractivity contribution in [1.82, 2.24) is 4.98 Å². The van der Waals surface area contributed by atoms with Crippen molar-refractivity contribution >= 4 is 32.6 Å². The van der Waals surface area contributed by atoms with Crippen LogP contribution in [-0.2, 0) is 4.74 Å². The van der Waals surface area contributed by atoms with Crippen LogP contribution in [0.1, 0.15) is 23.2 Å². The second-order valence-corrected chi connectivity index (χ2v) is 8.80. The third-order valence-corrected chi connectivity index (χ3v) is 6.60. The third-order valence-electron chi connectivity index (χ3n) is 5.56. The number of methoxy groups -OCH3 is 1. The zero-order valence-electron chi connectivity index (χ0n) is 18.3. The van der Waals surface area contributed by atoms with Crippen LogP contribution in [0.15, 0.2) is 72.8 Å². The average molecular weight is 461 g/mol. The molecule has 1 unspecified atom stereocenters. The summed E-state index contributed by atoms with van der Waals surface area (Å²) in [6.45, 7) is 1.19. The van der Waals surface area contributed by atoms with E-state index in [2.05, 4.69) is 0 Å². The predicted molar refractivity (Wildman–Crippen MR) is 130 cm³/mol. The van der Waals surface area contributed by atoms with E-state index < -0.39 is 0 Å². The highest BCUT2D eigenvalue weighted by atomic mass is 32.1. The fourth-order valence-electron chi connectivity index (χ4n) is 3.88. The molecule has 0 bridgehead atoms. The number of fused-ring (bicyclic) bond motifs is 1. The number of hydrogen-bond acceptors (Lipinski definition) is 6. The number of thiazole rings is 1. The maximum Gasteiger partial charge on any atom is 0.260 e. The highest BCUT2D eigenvalue weighted by Gasteiger charge is 2.27. The first-order valence-electron chi connectivity index (χ1n) is 10.9. The lowest BCUT2D eigenvalue weighted by Crippen LogP contribution is -2.37. The van der Waals surface area contributed by atoms with Crippen LogP contribution in [0.5, 0.6) is 17.2 Å². The van der Waals surface area contributed by atoms with Gasteiger partial charge in [0.05, 0.1) is 24.5 Å². The molecule has 1 aliphatic heterocycles. The van der Waals surface area contributed by atoms with Crippen LogP contribution in [0.4, 0.5) is 5.13 Å². The van der Waals surface area contributed by atoms with Gasteiger partial charge in [0.25, 0.3) is 5.91 Å². The van der Waals surface area contributed by atoms with E-state index in [-0.39, 0.29) is 12.0 Å². The van der Waals surface area contributed by atoms with E-state index in [0.29, 0.717) is 28.7 Å². The molecule has 7 heteroatoms. The SMILES string of the molecule is COc1cccc2sc(N(CC3CCCO3)C(=O)c3ccc(Oc4ccccc4)cc3)nc12. The van der Waals surface area contributed by atoms with Gasteiger partial charge in [-0.05, 0) is 61.4 Å². The molecule has 1 aromatic heterocycles. The summed E-state index contributed by atoms with van der Waals surface area (Å²) in [4.78, 5) is 20.1. The lowest BCUT2D eigenvalue weighted by Gasteiger charge is -2.23. The van der Waals surface area contributed by atoms with Gasteiger partial charge in [-0.3, -0.25) is 9.69 Å². The van der Waals surface area contributed by atoms with Crippen molar-refractivity contribution in [1.29, 1.82) is 0 Å². The molecular weight excluding hydrogens is 436 g/mol. The molecule has 1 amide bonds. The normalized spacial score (nSPS) is 15.5. The standard InChI is InChI=1S/C26H24N2O4S/c1-30-22-10-5-11-23-24(22)27-26(33-23)28(17-21-9-6-16-31-21)25(29)18-12-14-20(15-13-18)32-19-7-3-2-4-8-19/h2-5,7-8,10-15,21H,6,9,16-17H2,1H3. The first kappa shape index (κ1) is 21.4. The molecule has 5 rings (SSSR count). The van der Waals surface area contributed by atoms with Crippen LogP contribution in [0.25, 0.3) is 10.2 Å². The molecule has 1 fully saturated rings. The van der Waals surface area contributed by atoms with E-state index in [1.165, 1.54) is 11.3 Å². The number of hydrogen-bond donors (Lipinski definition) is 0. The molecule has 1 atom stereocenters. The van der Waals surface area contributed by atoms with Crippen LogP contribution in [-0.4, -0.2) is 37.3 Å². The van der Waals surface area contributed by atoms with E-state index in [9.17, 15) is 4.79 Å². The van der Waals surface area contributed by atoms with Crippen molar-refractivity contribution < 1.29 is 19.0 Å². The van der Waals surface area contributed by atoms with Gasteiger partial charge in [-0.25, -0.2) is 4.98 Å². The Labute approximate surface area is 196 Å². The Kier molecular flexibility index (Phi) is 6.24. The number of carbonyl (C=O) groups is 1. The van der Waals surface area contributed by atoms with Crippen LogP contribution < -0.4 is 14.4 Å². The minimum atomic E-state index is -0.116. The smallest absolute Gasteiger partial charge is 0.260 e. The summed E-state index contributed by atoms with van der Waals surface area (Å²) < 4.78 is 18.1. The van der Waals surface area contributed by atoms with Gasteiger partial charge in [0, 0.05) is 12.2 Å².